The molecule has 1 aromatic rings. The minimum Gasteiger partial charge on any atom is -0.393 e. The lowest BCUT2D eigenvalue weighted by Crippen LogP contribution is -2.24. The summed E-state index contributed by atoms with van der Waals surface area (Å²) in [6, 6.07) is 6.55. The summed E-state index contributed by atoms with van der Waals surface area (Å²) in [5, 5.41) is 13.0. The second-order valence-electron chi connectivity index (χ2n) is 5.31. The molecule has 3 rings (SSSR count). The van der Waals surface area contributed by atoms with Crippen LogP contribution in [0.1, 0.15) is 30.4 Å². The lowest BCUT2D eigenvalue weighted by molar-refractivity contribution is 0.195. The molecule has 2 nitrogen and oxygen atoms in total. The SMILES string of the molecule is CC(O)Cc1ccc2c(c1)C1C=CCC1CN2. The van der Waals surface area contributed by atoms with Crippen molar-refractivity contribution in [3.8, 4) is 0 Å². The Kier molecular flexibility index (Phi) is 2.67. The van der Waals surface area contributed by atoms with Crippen LogP contribution in [0, 0.1) is 5.92 Å². The molecule has 0 spiro atoms. The van der Waals surface area contributed by atoms with Gasteiger partial charge in [0.15, 0.2) is 0 Å². The Labute approximate surface area is 102 Å². The second-order valence-corrected chi connectivity index (χ2v) is 5.31. The number of nitrogens with one attached hydrogen (secondary N) is 1. The van der Waals surface area contributed by atoms with E-state index in [1.54, 1.807) is 0 Å². The summed E-state index contributed by atoms with van der Waals surface area (Å²) < 4.78 is 0. The first-order chi connectivity index (χ1) is 8.24. The summed E-state index contributed by atoms with van der Waals surface area (Å²) in [7, 11) is 0. The third-order valence-electron chi connectivity index (χ3n) is 3.85. The van der Waals surface area contributed by atoms with Gasteiger partial charge in [0.05, 0.1) is 6.10 Å². The van der Waals surface area contributed by atoms with Crippen molar-refractivity contribution < 1.29 is 5.11 Å². The highest BCUT2D eigenvalue weighted by atomic mass is 16.3. The monoisotopic (exact) mass is 229 g/mol. The molecular formula is C15H19NO. The molecule has 2 aliphatic rings. The summed E-state index contributed by atoms with van der Waals surface area (Å²) in [5.41, 5.74) is 3.92. The maximum absolute atomic E-state index is 9.47. The number of aliphatic hydroxyl groups excluding tert-OH is 1. The molecule has 90 valence electrons. The zero-order valence-electron chi connectivity index (χ0n) is 10.2. The van der Waals surface area contributed by atoms with Gasteiger partial charge < -0.3 is 10.4 Å². The van der Waals surface area contributed by atoms with Gasteiger partial charge in [-0.25, -0.2) is 0 Å². The number of fused-ring (bicyclic) bond motifs is 3. The van der Waals surface area contributed by atoms with Gasteiger partial charge in [-0.15, -0.1) is 0 Å². The largest absolute Gasteiger partial charge is 0.393 e. The van der Waals surface area contributed by atoms with Crippen LogP contribution in [0.25, 0.3) is 0 Å². The molecule has 17 heavy (non-hydrogen) atoms. The normalized spacial score (nSPS) is 27.2. The molecule has 1 aliphatic carbocycles. The Balaban J connectivity index is 1.95. The van der Waals surface area contributed by atoms with Crippen LogP contribution in [0.4, 0.5) is 5.69 Å². The van der Waals surface area contributed by atoms with E-state index in [0.717, 1.165) is 18.9 Å². The molecule has 1 aromatic carbocycles. The van der Waals surface area contributed by atoms with Crippen molar-refractivity contribution in [3.63, 3.8) is 0 Å². The van der Waals surface area contributed by atoms with Crippen molar-refractivity contribution in [2.75, 3.05) is 11.9 Å². The Hall–Kier alpha value is -1.28. The summed E-state index contributed by atoms with van der Waals surface area (Å²) in [5.74, 6) is 1.31. The first-order valence-electron chi connectivity index (χ1n) is 6.45. The summed E-state index contributed by atoms with van der Waals surface area (Å²) in [4.78, 5) is 0. The summed E-state index contributed by atoms with van der Waals surface area (Å²) >= 11 is 0. The number of benzene rings is 1. The van der Waals surface area contributed by atoms with E-state index < -0.39 is 0 Å². The number of rotatable bonds is 2. The van der Waals surface area contributed by atoms with Gasteiger partial charge in [0.1, 0.15) is 0 Å². The lowest BCUT2D eigenvalue weighted by atomic mass is 9.83. The van der Waals surface area contributed by atoms with Crippen molar-refractivity contribution in [1.29, 1.82) is 0 Å². The van der Waals surface area contributed by atoms with E-state index >= 15 is 0 Å². The first kappa shape index (κ1) is 10.8. The molecule has 2 heteroatoms. The third kappa shape index (κ3) is 1.98. The smallest absolute Gasteiger partial charge is 0.0552 e. The Morgan fingerprint density at radius 3 is 3.18 bits per heavy atom. The average molecular weight is 229 g/mol. The number of anilines is 1. The minimum absolute atomic E-state index is 0.264. The summed E-state index contributed by atoms with van der Waals surface area (Å²) in [6.07, 6.45) is 6.32. The molecule has 2 N–H and O–H groups in total. The van der Waals surface area contributed by atoms with Crippen molar-refractivity contribution in [2.24, 2.45) is 5.92 Å². The van der Waals surface area contributed by atoms with E-state index in [9.17, 15) is 5.11 Å². The molecular weight excluding hydrogens is 210 g/mol. The van der Waals surface area contributed by atoms with Crippen molar-refractivity contribution in [1.82, 2.24) is 0 Å². The molecule has 1 aliphatic heterocycles. The van der Waals surface area contributed by atoms with Gasteiger partial charge in [0, 0.05) is 18.2 Å². The van der Waals surface area contributed by atoms with Crippen LogP contribution in [-0.2, 0) is 6.42 Å². The molecule has 1 heterocycles. The second kappa shape index (κ2) is 4.19. The van der Waals surface area contributed by atoms with Gasteiger partial charge in [-0.1, -0.05) is 24.3 Å². The highest BCUT2D eigenvalue weighted by molar-refractivity contribution is 5.58. The molecule has 3 atom stereocenters. The highest BCUT2D eigenvalue weighted by Gasteiger charge is 2.29. The molecule has 0 bridgehead atoms. The van der Waals surface area contributed by atoms with Gasteiger partial charge in [-0.3, -0.25) is 0 Å². The minimum atomic E-state index is -0.264. The zero-order valence-corrected chi connectivity index (χ0v) is 10.2. The van der Waals surface area contributed by atoms with Crippen LogP contribution >= 0.6 is 0 Å². The highest BCUT2D eigenvalue weighted by Crippen LogP contribution is 2.41. The van der Waals surface area contributed by atoms with Crippen molar-refractivity contribution >= 4 is 5.69 Å². The third-order valence-corrected chi connectivity index (χ3v) is 3.85. The van der Waals surface area contributed by atoms with Crippen LogP contribution < -0.4 is 5.32 Å². The van der Waals surface area contributed by atoms with E-state index in [2.05, 4.69) is 35.7 Å². The van der Waals surface area contributed by atoms with Crippen LogP contribution in [0.3, 0.4) is 0 Å². The van der Waals surface area contributed by atoms with Gasteiger partial charge >= 0.3 is 0 Å². The molecule has 0 saturated carbocycles. The fourth-order valence-corrected chi connectivity index (χ4v) is 3.03. The zero-order chi connectivity index (χ0) is 11.8. The molecule has 0 aromatic heterocycles. The van der Waals surface area contributed by atoms with Gasteiger partial charge in [-0.05, 0) is 42.9 Å². The Morgan fingerprint density at radius 1 is 1.47 bits per heavy atom. The van der Waals surface area contributed by atoms with Gasteiger partial charge in [0.2, 0.25) is 0 Å². The van der Waals surface area contributed by atoms with Gasteiger partial charge in [0.25, 0.3) is 0 Å². The molecule has 3 unspecified atom stereocenters. The summed E-state index contributed by atoms with van der Waals surface area (Å²) in [6.45, 7) is 2.93. The van der Waals surface area contributed by atoms with Crippen LogP contribution in [-0.4, -0.2) is 17.8 Å². The number of allylic oxidation sites excluding steroid dienone is 2. The van der Waals surface area contributed by atoms with Crippen molar-refractivity contribution in [2.45, 2.75) is 31.8 Å². The predicted octanol–water partition coefficient (Wildman–Crippen LogP) is 2.70. The van der Waals surface area contributed by atoms with E-state index in [4.69, 9.17) is 0 Å². The fourth-order valence-electron chi connectivity index (χ4n) is 3.03. The first-order valence-corrected chi connectivity index (χ1v) is 6.45. The molecule has 0 saturated heterocycles. The lowest BCUT2D eigenvalue weighted by Gasteiger charge is -2.30. The predicted molar refractivity (Wildman–Crippen MR) is 70.3 cm³/mol. The maximum atomic E-state index is 9.47. The van der Waals surface area contributed by atoms with Crippen LogP contribution in [0.15, 0.2) is 30.4 Å². The average Bonchev–Trinajstić information content (AvgIpc) is 2.76. The number of hydrogen-bond donors (Lipinski definition) is 2. The molecule has 0 amide bonds. The van der Waals surface area contributed by atoms with Crippen molar-refractivity contribution in [3.05, 3.63) is 41.5 Å². The standard InChI is InChI=1S/C15H19NO/c1-10(17)7-11-5-6-15-14(8-11)13-4-2-3-12(13)9-16-15/h2,4-6,8,10,12-13,16-17H,3,7,9H2,1H3. The van der Waals surface area contributed by atoms with Gasteiger partial charge in [-0.2, -0.15) is 0 Å². The fraction of sp³-hybridized carbons (Fsp3) is 0.467. The van der Waals surface area contributed by atoms with E-state index in [-0.39, 0.29) is 6.10 Å². The van der Waals surface area contributed by atoms with Crippen LogP contribution in [0.2, 0.25) is 0 Å². The topological polar surface area (TPSA) is 32.3 Å². The number of hydrogen-bond acceptors (Lipinski definition) is 2. The van der Waals surface area contributed by atoms with E-state index in [0.29, 0.717) is 5.92 Å². The molecule has 0 fully saturated rings. The Morgan fingerprint density at radius 2 is 2.35 bits per heavy atom. The quantitative estimate of drug-likeness (QED) is 0.764. The van der Waals surface area contributed by atoms with Crippen LogP contribution in [0.5, 0.6) is 0 Å². The van der Waals surface area contributed by atoms with E-state index in [1.165, 1.54) is 23.2 Å². The van der Waals surface area contributed by atoms with E-state index in [1.807, 2.05) is 6.92 Å². The number of aliphatic hydroxyl groups is 1. The Bertz CT molecular complexity index is 450. The maximum Gasteiger partial charge on any atom is 0.0552 e. The molecule has 0 radical (unpaired) electrons.